The molecule has 108 valence electrons. The summed E-state index contributed by atoms with van der Waals surface area (Å²) in [5.74, 6) is 1.73. The summed E-state index contributed by atoms with van der Waals surface area (Å²) < 4.78 is 25.1. The van der Waals surface area contributed by atoms with Gasteiger partial charge in [-0.25, -0.2) is 13.4 Å². The van der Waals surface area contributed by atoms with Crippen molar-refractivity contribution in [3.63, 3.8) is 0 Å². The maximum absolute atomic E-state index is 11.6. The molecule has 1 aliphatic rings. The van der Waals surface area contributed by atoms with Crippen LogP contribution in [0, 0.1) is 5.92 Å². The SMILES string of the molecule is CCNC(Cc1ncnn1CC)C1CCS(=O)(=O)C1. The molecule has 7 heteroatoms. The third-order valence-corrected chi connectivity index (χ3v) is 5.49. The molecule has 1 N–H and O–H groups in total. The van der Waals surface area contributed by atoms with Crippen molar-refractivity contribution < 1.29 is 8.42 Å². The smallest absolute Gasteiger partial charge is 0.150 e. The van der Waals surface area contributed by atoms with Gasteiger partial charge in [0.05, 0.1) is 11.5 Å². The number of aryl methyl sites for hydroxylation is 1. The van der Waals surface area contributed by atoms with Gasteiger partial charge in [0.15, 0.2) is 9.84 Å². The zero-order chi connectivity index (χ0) is 13.9. The van der Waals surface area contributed by atoms with Gasteiger partial charge in [0, 0.05) is 19.0 Å². The third kappa shape index (κ3) is 3.54. The number of aromatic nitrogens is 3. The van der Waals surface area contributed by atoms with Gasteiger partial charge in [-0.3, -0.25) is 4.68 Å². The molecule has 2 heterocycles. The monoisotopic (exact) mass is 286 g/mol. The van der Waals surface area contributed by atoms with E-state index in [1.807, 2.05) is 18.5 Å². The van der Waals surface area contributed by atoms with Crippen LogP contribution in [0.25, 0.3) is 0 Å². The van der Waals surface area contributed by atoms with Gasteiger partial charge in [-0.1, -0.05) is 6.92 Å². The number of rotatable bonds is 6. The lowest BCUT2D eigenvalue weighted by Gasteiger charge is -2.23. The Morgan fingerprint density at radius 2 is 2.32 bits per heavy atom. The molecule has 2 unspecified atom stereocenters. The van der Waals surface area contributed by atoms with Gasteiger partial charge in [-0.15, -0.1) is 0 Å². The summed E-state index contributed by atoms with van der Waals surface area (Å²) in [6.07, 6.45) is 3.05. The molecular formula is C12H22N4O2S. The Hall–Kier alpha value is -0.950. The fourth-order valence-electron chi connectivity index (χ4n) is 2.72. The Kier molecular flexibility index (Phi) is 4.57. The lowest BCUT2D eigenvalue weighted by molar-refractivity contribution is 0.374. The Bertz CT molecular complexity index is 512. The van der Waals surface area contributed by atoms with Crippen molar-refractivity contribution in [3.05, 3.63) is 12.2 Å². The molecule has 0 aromatic carbocycles. The van der Waals surface area contributed by atoms with Crippen LogP contribution in [0.1, 0.15) is 26.1 Å². The molecule has 0 amide bonds. The summed E-state index contributed by atoms with van der Waals surface area (Å²) in [4.78, 5) is 4.28. The van der Waals surface area contributed by atoms with Crippen LogP contribution in [0.4, 0.5) is 0 Å². The van der Waals surface area contributed by atoms with Crippen LogP contribution in [-0.2, 0) is 22.8 Å². The highest BCUT2D eigenvalue weighted by atomic mass is 32.2. The summed E-state index contributed by atoms with van der Waals surface area (Å²) >= 11 is 0. The number of hydrogen-bond acceptors (Lipinski definition) is 5. The highest BCUT2D eigenvalue weighted by molar-refractivity contribution is 7.91. The van der Waals surface area contributed by atoms with Crippen LogP contribution >= 0.6 is 0 Å². The molecule has 1 saturated heterocycles. The maximum atomic E-state index is 11.6. The fourth-order valence-corrected chi connectivity index (χ4v) is 4.60. The predicted molar refractivity (Wildman–Crippen MR) is 73.6 cm³/mol. The summed E-state index contributed by atoms with van der Waals surface area (Å²) in [7, 11) is -2.84. The molecule has 19 heavy (non-hydrogen) atoms. The minimum atomic E-state index is -2.84. The molecule has 1 fully saturated rings. The normalized spacial score (nSPS) is 23.6. The maximum Gasteiger partial charge on any atom is 0.150 e. The Labute approximate surface area is 114 Å². The van der Waals surface area contributed by atoms with E-state index in [1.165, 1.54) is 0 Å². The largest absolute Gasteiger partial charge is 0.313 e. The van der Waals surface area contributed by atoms with Crippen molar-refractivity contribution in [1.29, 1.82) is 0 Å². The van der Waals surface area contributed by atoms with Crippen LogP contribution in [0.2, 0.25) is 0 Å². The first kappa shape index (κ1) is 14.5. The second kappa shape index (κ2) is 6.00. The molecule has 2 atom stereocenters. The van der Waals surface area contributed by atoms with Crippen molar-refractivity contribution in [2.45, 2.75) is 39.3 Å². The summed E-state index contributed by atoms with van der Waals surface area (Å²) in [5.41, 5.74) is 0. The highest BCUT2D eigenvalue weighted by Gasteiger charge is 2.33. The Morgan fingerprint density at radius 3 is 2.89 bits per heavy atom. The van der Waals surface area contributed by atoms with Crippen molar-refractivity contribution >= 4 is 9.84 Å². The predicted octanol–water partition coefficient (Wildman–Crippen LogP) is 0.253. The van der Waals surface area contributed by atoms with E-state index >= 15 is 0 Å². The molecule has 0 aliphatic carbocycles. The van der Waals surface area contributed by atoms with Crippen LogP contribution in [-0.4, -0.2) is 47.3 Å². The molecule has 1 aliphatic heterocycles. The van der Waals surface area contributed by atoms with Gasteiger partial charge >= 0.3 is 0 Å². The molecular weight excluding hydrogens is 264 g/mol. The van der Waals surface area contributed by atoms with Crippen LogP contribution in [0.15, 0.2) is 6.33 Å². The summed E-state index contributed by atoms with van der Waals surface area (Å²) in [6, 6.07) is 0.164. The van der Waals surface area contributed by atoms with Crippen molar-refractivity contribution in [2.75, 3.05) is 18.1 Å². The van der Waals surface area contributed by atoms with Gasteiger partial charge in [-0.2, -0.15) is 5.10 Å². The molecule has 1 aromatic heterocycles. The summed E-state index contributed by atoms with van der Waals surface area (Å²) in [5, 5.41) is 7.57. The number of likely N-dealkylation sites (N-methyl/N-ethyl adjacent to an activating group) is 1. The lowest BCUT2D eigenvalue weighted by atomic mass is 9.96. The lowest BCUT2D eigenvalue weighted by Crippen LogP contribution is -2.39. The van der Waals surface area contributed by atoms with Gasteiger partial charge in [0.2, 0.25) is 0 Å². The van der Waals surface area contributed by atoms with Crippen molar-refractivity contribution in [1.82, 2.24) is 20.1 Å². The van der Waals surface area contributed by atoms with Crippen molar-refractivity contribution in [3.8, 4) is 0 Å². The number of nitrogens with zero attached hydrogens (tertiary/aromatic N) is 3. The zero-order valence-electron chi connectivity index (χ0n) is 11.5. The molecule has 6 nitrogen and oxygen atoms in total. The second-order valence-corrected chi connectivity index (χ2v) is 7.25. The van der Waals surface area contributed by atoms with Gasteiger partial charge in [0.25, 0.3) is 0 Å². The zero-order valence-corrected chi connectivity index (χ0v) is 12.4. The number of nitrogens with one attached hydrogen (secondary N) is 1. The van der Waals surface area contributed by atoms with E-state index in [9.17, 15) is 8.42 Å². The van der Waals surface area contributed by atoms with Gasteiger partial charge in [-0.05, 0) is 25.8 Å². The molecule has 2 rings (SSSR count). The van der Waals surface area contributed by atoms with Gasteiger partial charge in [0.1, 0.15) is 12.2 Å². The first-order valence-corrected chi connectivity index (χ1v) is 8.68. The van der Waals surface area contributed by atoms with Crippen molar-refractivity contribution in [2.24, 2.45) is 5.92 Å². The van der Waals surface area contributed by atoms with E-state index in [-0.39, 0.29) is 12.0 Å². The van der Waals surface area contributed by atoms with Gasteiger partial charge < -0.3 is 5.32 Å². The van der Waals surface area contributed by atoms with Crippen LogP contribution in [0.3, 0.4) is 0 Å². The molecule has 0 spiro atoms. The van der Waals surface area contributed by atoms with Crippen LogP contribution < -0.4 is 5.32 Å². The first-order valence-electron chi connectivity index (χ1n) is 6.86. The standard InChI is InChI=1S/C12H22N4O2S/c1-3-13-11(10-5-6-19(17,18)8-10)7-12-14-9-15-16(12)4-2/h9-11,13H,3-8H2,1-2H3. The van der Waals surface area contributed by atoms with E-state index in [1.54, 1.807) is 6.33 Å². The topological polar surface area (TPSA) is 76.9 Å². The van der Waals surface area contributed by atoms with E-state index in [2.05, 4.69) is 15.4 Å². The van der Waals surface area contributed by atoms with E-state index in [0.717, 1.165) is 31.8 Å². The molecule has 0 bridgehead atoms. The second-order valence-electron chi connectivity index (χ2n) is 5.02. The Balaban J connectivity index is 2.08. The van der Waals surface area contributed by atoms with E-state index < -0.39 is 9.84 Å². The van der Waals surface area contributed by atoms with E-state index in [0.29, 0.717) is 11.5 Å². The molecule has 0 radical (unpaired) electrons. The van der Waals surface area contributed by atoms with Crippen LogP contribution in [0.5, 0.6) is 0 Å². The fraction of sp³-hybridized carbons (Fsp3) is 0.833. The molecule has 1 aromatic rings. The quantitative estimate of drug-likeness (QED) is 0.811. The Morgan fingerprint density at radius 1 is 1.53 bits per heavy atom. The third-order valence-electron chi connectivity index (χ3n) is 3.70. The first-order chi connectivity index (χ1) is 9.05. The highest BCUT2D eigenvalue weighted by Crippen LogP contribution is 2.23. The number of sulfone groups is 1. The summed E-state index contributed by atoms with van der Waals surface area (Å²) in [6.45, 7) is 5.69. The average molecular weight is 286 g/mol. The van der Waals surface area contributed by atoms with E-state index in [4.69, 9.17) is 0 Å². The minimum Gasteiger partial charge on any atom is -0.313 e. The molecule has 0 saturated carbocycles. The number of hydrogen-bond donors (Lipinski definition) is 1. The average Bonchev–Trinajstić information content (AvgIpc) is 2.94. The minimum absolute atomic E-state index is 0.164.